The van der Waals surface area contributed by atoms with E-state index < -0.39 is 11.8 Å². The number of carbonyl (C=O) groups excluding carboxylic acids is 3. The zero-order valence-corrected chi connectivity index (χ0v) is 15.5. The first kappa shape index (κ1) is 18.2. The Hall–Kier alpha value is -3.22. The number of aryl methyl sites for hydroxylation is 1. The van der Waals surface area contributed by atoms with Crippen molar-refractivity contribution < 1.29 is 14.4 Å². The van der Waals surface area contributed by atoms with Crippen molar-refractivity contribution in [2.75, 3.05) is 16.8 Å². The summed E-state index contributed by atoms with van der Waals surface area (Å²) in [6.07, 6.45) is 7.03. The first-order valence-electron chi connectivity index (χ1n) is 9.54. The molecule has 0 saturated heterocycles. The summed E-state index contributed by atoms with van der Waals surface area (Å²) in [5.41, 5.74) is 3.26. The second-order valence-corrected chi connectivity index (χ2v) is 7.21. The highest BCUT2D eigenvalue weighted by Gasteiger charge is 2.35. The molecule has 0 radical (unpaired) electrons. The van der Waals surface area contributed by atoms with E-state index in [4.69, 9.17) is 0 Å². The summed E-state index contributed by atoms with van der Waals surface area (Å²) < 4.78 is 0. The molecule has 0 unspecified atom stereocenters. The lowest BCUT2D eigenvalue weighted by atomic mass is 10.0. The van der Waals surface area contributed by atoms with Gasteiger partial charge >= 0.3 is 11.8 Å². The second-order valence-electron chi connectivity index (χ2n) is 7.21. The van der Waals surface area contributed by atoms with Crippen molar-refractivity contribution in [1.29, 1.82) is 0 Å². The largest absolute Gasteiger partial charge is 0.344 e. The molecule has 1 fully saturated rings. The van der Waals surface area contributed by atoms with E-state index in [0.717, 1.165) is 42.5 Å². The highest BCUT2D eigenvalue weighted by molar-refractivity contribution is 6.39. The quantitative estimate of drug-likeness (QED) is 0.797. The molecule has 1 aliphatic heterocycles. The van der Waals surface area contributed by atoms with Crippen LogP contribution in [-0.2, 0) is 27.3 Å². The molecule has 1 aromatic heterocycles. The monoisotopic (exact) mass is 378 g/mol. The standard InChI is InChI=1S/C21H22N4O3/c26-19(23-13-14-3-1-9-22-12-14)20(27)24-17-8-7-15-4-2-10-25(18(15)11-17)21(28)16-5-6-16/h1,3,7-9,11-12,16H,2,4-6,10,13H2,(H,23,26)(H,24,27). The van der Waals surface area contributed by atoms with Crippen LogP contribution in [0.3, 0.4) is 0 Å². The average molecular weight is 378 g/mol. The Kier molecular flexibility index (Phi) is 5.06. The van der Waals surface area contributed by atoms with Gasteiger partial charge in [-0.25, -0.2) is 0 Å². The van der Waals surface area contributed by atoms with Crippen molar-refractivity contribution in [3.8, 4) is 0 Å². The topological polar surface area (TPSA) is 91.4 Å². The van der Waals surface area contributed by atoms with Crippen LogP contribution in [0, 0.1) is 5.92 Å². The Bertz CT molecular complexity index is 909. The minimum Gasteiger partial charge on any atom is -0.344 e. The summed E-state index contributed by atoms with van der Waals surface area (Å²) in [7, 11) is 0. The van der Waals surface area contributed by atoms with Crippen LogP contribution in [0.25, 0.3) is 0 Å². The molecule has 1 aromatic carbocycles. The third-order valence-electron chi connectivity index (χ3n) is 5.04. The van der Waals surface area contributed by atoms with E-state index in [1.807, 2.05) is 17.0 Å². The minimum absolute atomic E-state index is 0.141. The predicted octanol–water partition coefficient (Wildman–Crippen LogP) is 2.03. The number of anilines is 2. The van der Waals surface area contributed by atoms with Gasteiger partial charge in [0.2, 0.25) is 5.91 Å². The van der Waals surface area contributed by atoms with E-state index in [-0.39, 0.29) is 18.4 Å². The van der Waals surface area contributed by atoms with Crippen molar-refractivity contribution in [2.45, 2.75) is 32.2 Å². The Morgan fingerprint density at radius 2 is 2.00 bits per heavy atom. The molecule has 1 aliphatic carbocycles. The van der Waals surface area contributed by atoms with Gasteiger partial charge in [0.25, 0.3) is 0 Å². The van der Waals surface area contributed by atoms with Crippen molar-refractivity contribution in [3.63, 3.8) is 0 Å². The number of fused-ring (bicyclic) bond motifs is 1. The number of hydrogen-bond acceptors (Lipinski definition) is 4. The summed E-state index contributed by atoms with van der Waals surface area (Å²) in [6, 6.07) is 9.08. The molecule has 0 atom stereocenters. The molecule has 0 bridgehead atoms. The number of nitrogens with zero attached hydrogens (tertiary/aromatic N) is 2. The van der Waals surface area contributed by atoms with Crippen LogP contribution in [0.4, 0.5) is 11.4 Å². The molecule has 3 amide bonds. The van der Waals surface area contributed by atoms with Gasteiger partial charge in [-0.05, 0) is 55.0 Å². The summed E-state index contributed by atoms with van der Waals surface area (Å²) in [5.74, 6) is -1.15. The number of pyridine rings is 1. The zero-order chi connectivity index (χ0) is 19.5. The number of amides is 3. The number of rotatable bonds is 4. The van der Waals surface area contributed by atoms with Gasteiger partial charge < -0.3 is 15.5 Å². The van der Waals surface area contributed by atoms with Crippen molar-refractivity contribution >= 4 is 29.1 Å². The summed E-state index contributed by atoms with van der Waals surface area (Å²) in [4.78, 5) is 42.6. The number of hydrogen-bond donors (Lipinski definition) is 2. The van der Waals surface area contributed by atoms with Gasteiger partial charge in [-0.15, -0.1) is 0 Å². The molecule has 2 heterocycles. The Morgan fingerprint density at radius 3 is 2.75 bits per heavy atom. The van der Waals surface area contributed by atoms with Crippen LogP contribution in [0.2, 0.25) is 0 Å². The van der Waals surface area contributed by atoms with Gasteiger partial charge in [-0.2, -0.15) is 0 Å². The molecular formula is C21H22N4O3. The number of carbonyl (C=O) groups is 3. The van der Waals surface area contributed by atoms with Crippen LogP contribution < -0.4 is 15.5 Å². The fourth-order valence-corrected chi connectivity index (χ4v) is 3.39. The Morgan fingerprint density at radius 1 is 1.14 bits per heavy atom. The Labute approximate surface area is 163 Å². The van der Waals surface area contributed by atoms with Crippen LogP contribution >= 0.6 is 0 Å². The minimum atomic E-state index is -0.736. The lowest BCUT2D eigenvalue weighted by Crippen LogP contribution is -2.37. The summed E-state index contributed by atoms with van der Waals surface area (Å²) in [6.45, 7) is 0.930. The molecule has 7 heteroatoms. The SMILES string of the molecule is O=C(NCc1cccnc1)C(=O)Nc1ccc2c(c1)N(C(=O)C1CC1)CCC2. The fraction of sp³-hybridized carbons (Fsp3) is 0.333. The van der Waals surface area contributed by atoms with E-state index in [1.54, 1.807) is 30.6 Å². The van der Waals surface area contributed by atoms with Gasteiger partial charge in [0.15, 0.2) is 0 Å². The lowest BCUT2D eigenvalue weighted by molar-refractivity contribution is -0.136. The molecular weight excluding hydrogens is 356 g/mol. The third-order valence-corrected chi connectivity index (χ3v) is 5.04. The molecule has 2 aromatic rings. The van der Waals surface area contributed by atoms with Crippen LogP contribution in [-0.4, -0.2) is 29.3 Å². The van der Waals surface area contributed by atoms with Gasteiger partial charge in [-0.3, -0.25) is 19.4 Å². The molecule has 28 heavy (non-hydrogen) atoms. The van der Waals surface area contributed by atoms with E-state index in [2.05, 4.69) is 15.6 Å². The second kappa shape index (κ2) is 7.80. The molecule has 144 valence electrons. The number of aromatic nitrogens is 1. The number of benzene rings is 1. The average Bonchev–Trinajstić information content (AvgIpc) is 3.57. The van der Waals surface area contributed by atoms with E-state index in [1.165, 1.54) is 0 Å². The Balaban J connectivity index is 1.41. The number of nitrogens with one attached hydrogen (secondary N) is 2. The molecule has 2 aliphatic rings. The maximum absolute atomic E-state index is 12.6. The zero-order valence-electron chi connectivity index (χ0n) is 15.5. The molecule has 0 spiro atoms. The predicted molar refractivity (Wildman–Crippen MR) is 105 cm³/mol. The van der Waals surface area contributed by atoms with Gasteiger partial charge in [-0.1, -0.05) is 12.1 Å². The van der Waals surface area contributed by atoms with Crippen LogP contribution in [0.15, 0.2) is 42.7 Å². The third kappa shape index (κ3) is 4.03. The first-order chi connectivity index (χ1) is 13.6. The summed E-state index contributed by atoms with van der Waals surface area (Å²) in [5, 5.41) is 5.20. The molecule has 1 saturated carbocycles. The van der Waals surface area contributed by atoms with Crippen molar-refractivity contribution in [1.82, 2.24) is 10.3 Å². The van der Waals surface area contributed by atoms with Crippen LogP contribution in [0.5, 0.6) is 0 Å². The smallest absolute Gasteiger partial charge is 0.313 e. The van der Waals surface area contributed by atoms with Crippen molar-refractivity contribution in [3.05, 3.63) is 53.9 Å². The lowest BCUT2D eigenvalue weighted by Gasteiger charge is -2.30. The maximum atomic E-state index is 12.6. The van der Waals surface area contributed by atoms with E-state index >= 15 is 0 Å². The molecule has 7 nitrogen and oxygen atoms in total. The van der Waals surface area contributed by atoms with Crippen molar-refractivity contribution in [2.24, 2.45) is 5.92 Å². The first-order valence-corrected chi connectivity index (χ1v) is 9.54. The van der Waals surface area contributed by atoms with Gasteiger partial charge in [0.05, 0.1) is 0 Å². The van der Waals surface area contributed by atoms with E-state index in [9.17, 15) is 14.4 Å². The summed E-state index contributed by atoms with van der Waals surface area (Å²) >= 11 is 0. The molecule has 4 rings (SSSR count). The highest BCUT2D eigenvalue weighted by atomic mass is 16.2. The normalized spacial score (nSPS) is 15.5. The highest BCUT2D eigenvalue weighted by Crippen LogP contribution is 2.36. The van der Waals surface area contributed by atoms with E-state index in [0.29, 0.717) is 12.2 Å². The fourth-order valence-electron chi connectivity index (χ4n) is 3.39. The van der Waals surface area contributed by atoms with Crippen LogP contribution in [0.1, 0.15) is 30.4 Å². The van der Waals surface area contributed by atoms with Gasteiger partial charge in [0, 0.05) is 42.8 Å². The van der Waals surface area contributed by atoms with Gasteiger partial charge in [0.1, 0.15) is 0 Å². The molecule has 2 N–H and O–H groups in total. The maximum Gasteiger partial charge on any atom is 0.313 e.